The van der Waals surface area contributed by atoms with Crippen LogP contribution in [0, 0.1) is 24.2 Å². The molecule has 0 aliphatic heterocycles. The van der Waals surface area contributed by atoms with Crippen molar-refractivity contribution in [3.05, 3.63) is 0 Å². The Morgan fingerprint density at radius 1 is 1.25 bits per heavy atom. The summed E-state index contributed by atoms with van der Waals surface area (Å²) in [7, 11) is 2.07. The zero-order valence-electron chi connectivity index (χ0n) is 8.72. The van der Waals surface area contributed by atoms with E-state index in [1.165, 1.54) is 12.8 Å². The maximum absolute atomic E-state index is 4.00. The monoisotopic (exact) mass is 167 g/mol. The molecule has 0 amide bonds. The maximum atomic E-state index is 4.00. The smallest absolute Gasteiger partial charge is 0.0118 e. The SMILES string of the molecule is C#C.CN[C@H]1CCC(C)C1(C)C. The van der Waals surface area contributed by atoms with Gasteiger partial charge in [-0.3, -0.25) is 0 Å². The first kappa shape index (κ1) is 11.5. The molecule has 1 aliphatic rings. The van der Waals surface area contributed by atoms with Gasteiger partial charge in [-0.1, -0.05) is 20.8 Å². The first-order valence-corrected chi connectivity index (χ1v) is 4.59. The molecule has 0 saturated heterocycles. The lowest BCUT2D eigenvalue weighted by Crippen LogP contribution is -2.37. The molecular formula is C11H21N. The fourth-order valence-electron chi connectivity index (χ4n) is 2.02. The van der Waals surface area contributed by atoms with Gasteiger partial charge in [0.25, 0.3) is 0 Å². The van der Waals surface area contributed by atoms with Gasteiger partial charge in [-0.2, -0.15) is 0 Å². The van der Waals surface area contributed by atoms with E-state index in [0.29, 0.717) is 5.41 Å². The minimum absolute atomic E-state index is 0.509. The summed E-state index contributed by atoms with van der Waals surface area (Å²) in [5, 5.41) is 3.38. The van der Waals surface area contributed by atoms with Crippen molar-refractivity contribution in [3.63, 3.8) is 0 Å². The highest BCUT2D eigenvalue weighted by Crippen LogP contribution is 2.42. The molecular weight excluding hydrogens is 146 g/mol. The van der Waals surface area contributed by atoms with E-state index in [0.717, 1.165) is 12.0 Å². The lowest BCUT2D eigenvalue weighted by atomic mass is 9.80. The van der Waals surface area contributed by atoms with Crippen LogP contribution >= 0.6 is 0 Å². The highest BCUT2D eigenvalue weighted by Gasteiger charge is 2.39. The molecule has 2 atom stereocenters. The van der Waals surface area contributed by atoms with Crippen molar-refractivity contribution in [2.75, 3.05) is 7.05 Å². The van der Waals surface area contributed by atoms with Crippen LogP contribution < -0.4 is 5.32 Å². The zero-order chi connectivity index (χ0) is 9.78. The molecule has 1 rings (SSSR count). The maximum Gasteiger partial charge on any atom is 0.0118 e. The van der Waals surface area contributed by atoms with Gasteiger partial charge >= 0.3 is 0 Å². The molecule has 1 aliphatic carbocycles. The van der Waals surface area contributed by atoms with Gasteiger partial charge in [0, 0.05) is 6.04 Å². The van der Waals surface area contributed by atoms with Crippen molar-refractivity contribution < 1.29 is 0 Å². The van der Waals surface area contributed by atoms with E-state index < -0.39 is 0 Å². The normalized spacial score (nSPS) is 32.2. The standard InChI is InChI=1S/C9H19N.C2H2/c1-7-5-6-8(10-4)9(7,2)3;1-2/h7-8,10H,5-6H2,1-4H3;1-2H/t7?,8-;/m0./s1. The van der Waals surface area contributed by atoms with Crippen molar-refractivity contribution in [2.45, 2.75) is 39.7 Å². The van der Waals surface area contributed by atoms with Gasteiger partial charge in [0.2, 0.25) is 0 Å². The summed E-state index contributed by atoms with van der Waals surface area (Å²) in [5.41, 5.74) is 0.509. The third-order valence-electron chi connectivity index (χ3n) is 3.41. The fraction of sp³-hybridized carbons (Fsp3) is 0.818. The van der Waals surface area contributed by atoms with Gasteiger partial charge in [0.1, 0.15) is 0 Å². The summed E-state index contributed by atoms with van der Waals surface area (Å²) in [5.74, 6) is 0.880. The second-order valence-electron chi connectivity index (χ2n) is 4.14. The molecule has 1 unspecified atom stereocenters. The molecule has 1 fully saturated rings. The Morgan fingerprint density at radius 3 is 1.92 bits per heavy atom. The van der Waals surface area contributed by atoms with Crippen LogP contribution in [0.1, 0.15) is 33.6 Å². The van der Waals surface area contributed by atoms with Crippen molar-refractivity contribution >= 4 is 0 Å². The zero-order valence-corrected chi connectivity index (χ0v) is 8.72. The molecule has 0 aromatic carbocycles. The molecule has 0 aromatic rings. The molecule has 70 valence electrons. The highest BCUT2D eigenvalue weighted by atomic mass is 14.9. The van der Waals surface area contributed by atoms with E-state index in [1.807, 2.05) is 0 Å². The Morgan fingerprint density at radius 2 is 1.75 bits per heavy atom. The quantitative estimate of drug-likeness (QED) is 0.591. The molecule has 1 saturated carbocycles. The second-order valence-corrected chi connectivity index (χ2v) is 4.14. The van der Waals surface area contributed by atoms with E-state index in [4.69, 9.17) is 0 Å². The van der Waals surface area contributed by atoms with Crippen LogP contribution in [0.3, 0.4) is 0 Å². The molecule has 0 bridgehead atoms. The van der Waals surface area contributed by atoms with Crippen LogP contribution in [0.25, 0.3) is 0 Å². The summed E-state index contributed by atoms with van der Waals surface area (Å²) in [6, 6.07) is 0.738. The largest absolute Gasteiger partial charge is 0.316 e. The van der Waals surface area contributed by atoms with Crippen molar-refractivity contribution in [3.8, 4) is 12.8 Å². The predicted octanol–water partition coefficient (Wildman–Crippen LogP) is 2.28. The van der Waals surface area contributed by atoms with Gasteiger partial charge in [-0.15, -0.1) is 12.8 Å². The Hall–Kier alpha value is -0.480. The molecule has 0 spiro atoms. The minimum atomic E-state index is 0.509. The number of terminal acetylenes is 1. The molecule has 1 nitrogen and oxygen atoms in total. The number of nitrogens with one attached hydrogen (secondary N) is 1. The van der Waals surface area contributed by atoms with Crippen LogP contribution in [0.2, 0.25) is 0 Å². The Kier molecular flexibility index (Phi) is 4.34. The van der Waals surface area contributed by atoms with E-state index in [9.17, 15) is 0 Å². The molecule has 1 N–H and O–H groups in total. The van der Waals surface area contributed by atoms with Gasteiger partial charge in [-0.25, -0.2) is 0 Å². The van der Waals surface area contributed by atoms with E-state index in [-0.39, 0.29) is 0 Å². The Labute approximate surface area is 76.9 Å². The number of rotatable bonds is 1. The second kappa shape index (κ2) is 4.52. The topological polar surface area (TPSA) is 12.0 Å². The predicted molar refractivity (Wildman–Crippen MR) is 54.9 cm³/mol. The average molecular weight is 167 g/mol. The Bertz CT molecular complexity index is 146. The van der Waals surface area contributed by atoms with Crippen LogP contribution in [-0.2, 0) is 0 Å². The highest BCUT2D eigenvalue weighted by molar-refractivity contribution is 4.93. The number of hydrogen-bond donors (Lipinski definition) is 1. The molecule has 0 aromatic heterocycles. The van der Waals surface area contributed by atoms with Crippen molar-refractivity contribution in [2.24, 2.45) is 11.3 Å². The lowest BCUT2D eigenvalue weighted by Gasteiger charge is -2.30. The summed E-state index contributed by atoms with van der Waals surface area (Å²) in [4.78, 5) is 0. The van der Waals surface area contributed by atoms with Crippen LogP contribution in [0.4, 0.5) is 0 Å². The van der Waals surface area contributed by atoms with Gasteiger partial charge < -0.3 is 5.32 Å². The average Bonchev–Trinajstić information content (AvgIpc) is 2.31. The lowest BCUT2D eigenvalue weighted by molar-refractivity contribution is 0.228. The van der Waals surface area contributed by atoms with Crippen molar-refractivity contribution in [1.29, 1.82) is 0 Å². The minimum Gasteiger partial charge on any atom is -0.316 e. The van der Waals surface area contributed by atoms with Gasteiger partial charge in [-0.05, 0) is 31.2 Å². The summed E-state index contributed by atoms with van der Waals surface area (Å²) < 4.78 is 0. The third kappa shape index (κ3) is 2.01. The molecule has 0 radical (unpaired) electrons. The third-order valence-corrected chi connectivity index (χ3v) is 3.41. The number of hydrogen-bond acceptors (Lipinski definition) is 1. The molecule has 12 heavy (non-hydrogen) atoms. The van der Waals surface area contributed by atoms with Crippen LogP contribution in [-0.4, -0.2) is 13.1 Å². The fourth-order valence-corrected chi connectivity index (χ4v) is 2.02. The van der Waals surface area contributed by atoms with E-state index in [2.05, 4.69) is 46.0 Å². The van der Waals surface area contributed by atoms with Crippen LogP contribution in [0.5, 0.6) is 0 Å². The first-order valence-electron chi connectivity index (χ1n) is 4.59. The van der Waals surface area contributed by atoms with Gasteiger partial charge in [0.05, 0.1) is 0 Å². The molecule has 0 heterocycles. The van der Waals surface area contributed by atoms with E-state index in [1.54, 1.807) is 0 Å². The first-order chi connectivity index (χ1) is 5.59. The molecule has 1 heteroatoms. The van der Waals surface area contributed by atoms with Crippen molar-refractivity contribution in [1.82, 2.24) is 5.32 Å². The van der Waals surface area contributed by atoms with E-state index >= 15 is 0 Å². The van der Waals surface area contributed by atoms with Crippen LogP contribution in [0.15, 0.2) is 0 Å². The Balaban J connectivity index is 0.000000561. The van der Waals surface area contributed by atoms with Gasteiger partial charge in [0.15, 0.2) is 0 Å². The summed E-state index contributed by atoms with van der Waals surface area (Å²) in [6.45, 7) is 7.09. The summed E-state index contributed by atoms with van der Waals surface area (Å²) >= 11 is 0. The summed E-state index contributed by atoms with van der Waals surface area (Å²) in [6.07, 6.45) is 10.7.